The van der Waals surface area contributed by atoms with E-state index in [9.17, 15) is 9.13 Å². The largest absolute Gasteiger partial charge is 0.438 e. The lowest BCUT2D eigenvalue weighted by atomic mass is 10.2. The number of hydrogen-bond acceptors (Lipinski definition) is 3. The van der Waals surface area contributed by atoms with Crippen LogP contribution in [0.1, 0.15) is 5.56 Å². The van der Waals surface area contributed by atoms with Gasteiger partial charge in [0, 0.05) is 0 Å². The van der Waals surface area contributed by atoms with Crippen LogP contribution in [0.5, 0.6) is 0 Å². The van der Waals surface area contributed by atoms with Crippen molar-refractivity contribution < 1.29 is 28.3 Å². The van der Waals surface area contributed by atoms with Crippen molar-refractivity contribution in [1.29, 1.82) is 0 Å². The lowest BCUT2D eigenvalue weighted by molar-refractivity contribution is 0.250. The molecule has 0 heterocycles. The molecular formula is C7H10O6P2. The Bertz CT molecular complexity index is 411. The second-order valence-electron chi connectivity index (χ2n) is 2.76. The Hall–Kier alpha value is -0.480. The van der Waals surface area contributed by atoms with Crippen LogP contribution in [0.4, 0.5) is 0 Å². The highest BCUT2D eigenvalue weighted by atomic mass is 32.1. The lowest BCUT2D eigenvalue weighted by Crippen LogP contribution is -1.92. The Morgan fingerprint density at radius 2 is 1.60 bits per heavy atom. The fourth-order valence-electron chi connectivity index (χ4n) is 0.808. The van der Waals surface area contributed by atoms with Gasteiger partial charge in [-0.1, -0.05) is 30.3 Å². The van der Waals surface area contributed by atoms with Crippen molar-refractivity contribution in [2.45, 2.75) is 6.61 Å². The lowest BCUT2D eigenvalue weighted by Gasteiger charge is -2.12. The van der Waals surface area contributed by atoms with Gasteiger partial charge in [-0.2, -0.15) is 0 Å². The van der Waals surface area contributed by atoms with E-state index in [1.165, 1.54) is 0 Å². The van der Waals surface area contributed by atoms with Crippen LogP contribution >= 0.6 is 14.6 Å². The summed E-state index contributed by atoms with van der Waals surface area (Å²) in [6.07, 6.45) is 0. The SMILES string of the molecule is O=P(O)(O)P(=O)(O)OCc1ccccc1. The van der Waals surface area contributed by atoms with Gasteiger partial charge < -0.3 is 14.7 Å². The molecule has 0 saturated carbocycles. The van der Waals surface area contributed by atoms with Gasteiger partial charge in [0.25, 0.3) is 0 Å². The topological polar surface area (TPSA) is 104 Å². The summed E-state index contributed by atoms with van der Waals surface area (Å²) in [7, 11) is -9.99. The van der Waals surface area contributed by atoms with Gasteiger partial charge in [0.2, 0.25) is 0 Å². The molecule has 15 heavy (non-hydrogen) atoms. The van der Waals surface area contributed by atoms with Gasteiger partial charge in [0.15, 0.2) is 0 Å². The third kappa shape index (κ3) is 3.54. The van der Waals surface area contributed by atoms with E-state index in [-0.39, 0.29) is 6.61 Å². The van der Waals surface area contributed by atoms with E-state index >= 15 is 0 Å². The molecule has 84 valence electrons. The quantitative estimate of drug-likeness (QED) is 0.701. The molecule has 1 unspecified atom stereocenters. The number of rotatable bonds is 4. The molecule has 0 aromatic heterocycles. The molecule has 3 N–H and O–H groups in total. The first-order valence-corrected chi connectivity index (χ1v) is 7.80. The first kappa shape index (κ1) is 12.6. The number of benzene rings is 1. The van der Waals surface area contributed by atoms with Gasteiger partial charge in [-0.05, 0) is 5.56 Å². The van der Waals surface area contributed by atoms with Gasteiger partial charge in [0.05, 0.1) is 6.61 Å². The van der Waals surface area contributed by atoms with E-state index in [4.69, 9.17) is 14.7 Å². The summed E-state index contributed by atoms with van der Waals surface area (Å²) in [5, 5.41) is 0. The molecule has 0 amide bonds. The molecule has 0 aliphatic rings. The zero-order valence-electron chi connectivity index (χ0n) is 7.55. The third-order valence-corrected chi connectivity index (χ3v) is 5.02. The molecule has 0 fully saturated rings. The van der Waals surface area contributed by atoms with Crippen molar-refractivity contribution in [1.82, 2.24) is 0 Å². The highest BCUT2D eigenvalue weighted by molar-refractivity contribution is 8.26. The summed E-state index contributed by atoms with van der Waals surface area (Å²) in [5.74, 6) is 0. The maximum atomic E-state index is 11.0. The smallest absolute Gasteiger partial charge is 0.316 e. The number of hydrogen-bond donors (Lipinski definition) is 3. The van der Waals surface area contributed by atoms with E-state index < -0.39 is 14.6 Å². The van der Waals surface area contributed by atoms with Gasteiger partial charge in [-0.25, -0.2) is 9.13 Å². The first-order chi connectivity index (χ1) is 6.83. The molecule has 0 aliphatic heterocycles. The third-order valence-electron chi connectivity index (χ3n) is 1.57. The molecule has 0 saturated heterocycles. The van der Waals surface area contributed by atoms with E-state index in [1.807, 2.05) is 0 Å². The Kier molecular flexibility index (Phi) is 3.84. The highest BCUT2D eigenvalue weighted by Crippen LogP contribution is 2.75. The van der Waals surface area contributed by atoms with Crippen LogP contribution in [0.2, 0.25) is 0 Å². The van der Waals surface area contributed by atoms with Crippen LogP contribution in [0.15, 0.2) is 30.3 Å². The van der Waals surface area contributed by atoms with Crippen molar-refractivity contribution >= 4 is 14.6 Å². The van der Waals surface area contributed by atoms with E-state index in [1.54, 1.807) is 30.3 Å². The maximum Gasteiger partial charge on any atom is 0.438 e. The summed E-state index contributed by atoms with van der Waals surface area (Å²) in [6, 6.07) is 8.32. The Balaban J connectivity index is 2.66. The molecule has 1 aromatic carbocycles. The Labute approximate surface area is 86.1 Å². The van der Waals surface area contributed by atoms with Crippen molar-refractivity contribution in [3.8, 4) is 0 Å². The average Bonchev–Trinajstić information content (AvgIpc) is 2.15. The van der Waals surface area contributed by atoms with Crippen LogP contribution in [0, 0.1) is 0 Å². The molecular weight excluding hydrogens is 242 g/mol. The Morgan fingerprint density at radius 1 is 1.07 bits per heavy atom. The van der Waals surface area contributed by atoms with Gasteiger partial charge in [-0.15, -0.1) is 0 Å². The zero-order valence-corrected chi connectivity index (χ0v) is 9.34. The summed E-state index contributed by atoms with van der Waals surface area (Å²) in [4.78, 5) is 25.9. The molecule has 0 radical (unpaired) electrons. The van der Waals surface area contributed by atoms with Crippen LogP contribution in [0.3, 0.4) is 0 Å². The fraction of sp³-hybridized carbons (Fsp3) is 0.143. The summed E-state index contributed by atoms with van der Waals surface area (Å²) >= 11 is 0. The minimum atomic E-state index is -5.12. The monoisotopic (exact) mass is 252 g/mol. The van der Waals surface area contributed by atoms with Crippen molar-refractivity contribution in [3.05, 3.63) is 35.9 Å². The molecule has 0 spiro atoms. The van der Waals surface area contributed by atoms with Crippen LogP contribution in [-0.2, 0) is 20.3 Å². The predicted molar refractivity (Wildman–Crippen MR) is 53.1 cm³/mol. The van der Waals surface area contributed by atoms with Crippen LogP contribution < -0.4 is 0 Å². The van der Waals surface area contributed by atoms with Crippen LogP contribution in [-0.4, -0.2) is 14.7 Å². The molecule has 6 nitrogen and oxygen atoms in total. The minimum absolute atomic E-state index is 0.320. The summed E-state index contributed by atoms with van der Waals surface area (Å²) < 4.78 is 25.8. The van der Waals surface area contributed by atoms with Crippen molar-refractivity contribution in [2.24, 2.45) is 0 Å². The average molecular weight is 252 g/mol. The summed E-state index contributed by atoms with van der Waals surface area (Å²) in [5.41, 5.74) is 0.556. The Morgan fingerprint density at radius 3 is 2.07 bits per heavy atom. The first-order valence-electron chi connectivity index (χ1n) is 3.90. The molecule has 1 atom stereocenters. The standard InChI is InChI=1S/C7H10O6P2/c8-14(9,10)15(11,12)13-6-7-4-2-1-3-5-7/h1-5H,6H2,(H,11,12)(H2,8,9,10). The highest BCUT2D eigenvalue weighted by Gasteiger charge is 2.41. The summed E-state index contributed by atoms with van der Waals surface area (Å²) in [6.45, 7) is -0.320. The van der Waals surface area contributed by atoms with Crippen LogP contribution in [0.25, 0.3) is 0 Å². The van der Waals surface area contributed by atoms with Crippen molar-refractivity contribution in [3.63, 3.8) is 0 Å². The fourth-order valence-corrected chi connectivity index (χ4v) is 1.90. The molecule has 0 bridgehead atoms. The van der Waals surface area contributed by atoms with Gasteiger partial charge in [0.1, 0.15) is 0 Å². The van der Waals surface area contributed by atoms with E-state index in [0.29, 0.717) is 5.56 Å². The molecule has 8 heteroatoms. The molecule has 0 aliphatic carbocycles. The normalized spacial score (nSPS) is 15.9. The minimum Gasteiger partial charge on any atom is -0.316 e. The van der Waals surface area contributed by atoms with E-state index in [2.05, 4.69) is 4.52 Å². The second kappa shape index (κ2) is 4.58. The second-order valence-corrected chi connectivity index (χ2v) is 8.11. The van der Waals surface area contributed by atoms with Gasteiger partial charge in [-0.3, -0.25) is 4.52 Å². The van der Waals surface area contributed by atoms with E-state index in [0.717, 1.165) is 0 Å². The molecule has 1 aromatic rings. The molecule has 1 rings (SSSR count). The van der Waals surface area contributed by atoms with Crippen molar-refractivity contribution in [2.75, 3.05) is 0 Å². The predicted octanol–water partition coefficient (Wildman–Crippen LogP) is 1.48. The zero-order chi connectivity index (χ0) is 11.5. The maximum absolute atomic E-state index is 11.0. The van der Waals surface area contributed by atoms with Gasteiger partial charge >= 0.3 is 14.6 Å².